The van der Waals surface area contributed by atoms with Gasteiger partial charge in [-0.2, -0.15) is 0 Å². The number of aryl methyl sites for hydroxylation is 1. The zero-order chi connectivity index (χ0) is 20.7. The van der Waals surface area contributed by atoms with Crippen LogP contribution in [0.4, 0.5) is 0 Å². The van der Waals surface area contributed by atoms with Crippen molar-refractivity contribution in [2.24, 2.45) is 0 Å². The molecule has 0 spiro atoms. The van der Waals surface area contributed by atoms with Crippen molar-refractivity contribution in [2.45, 2.75) is 25.3 Å². The Balaban J connectivity index is 1.64. The summed E-state index contributed by atoms with van der Waals surface area (Å²) >= 11 is 0. The van der Waals surface area contributed by atoms with Gasteiger partial charge in [0.1, 0.15) is 5.75 Å². The van der Waals surface area contributed by atoms with Crippen molar-refractivity contribution in [3.05, 3.63) is 78.1 Å². The number of nitrogens with one attached hydrogen (secondary N) is 2. The third kappa shape index (κ3) is 2.89. The highest BCUT2D eigenvalue weighted by molar-refractivity contribution is 5.90. The molecule has 5 rings (SSSR count). The fourth-order valence-corrected chi connectivity index (χ4v) is 4.91. The summed E-state index contributed by atoms with van der Waals surface area (Å²) in [7, 11) is 1.70. The Morgan fingerprint density at radius 2 is 2.17 bits per heavy atom. The Hall–Kier alpha value is -3.47. The van der Waals surface area contributed by atoms with E-state index in [4.69, 9.17) is 4.74 Å². The van der Waals surface area contributed by atoms with Crippen molar-refractivity contribution in [3.8, 4) is 5.75 Å². The summed E-state index contributed by atoms with van der Waals surface area (Å²) < 4.78 is 7.95. The van der Waals surface area contributed by atoms with E-state index in [2.05, 4.69) is 64.0 Å². The van der Waals surface area contributed by atoms with Crippen LogP contribution < -0.4 is 10.1 Å². The number of carbonyl (C=O) groups excluding carboxylic acids is 1. The lowest BCUT2D eigenvalue weighted by atomic mass is 9.90. The average molecular weight is 399 g/mol. The lowest BCUT2D eigenvalue weighted by molar-refractivity contribution is -0.116. The SMILES string of the molecule is C=CC(=O)NCCc1c2n(c3ccc(OC)cc13)CCC2c1c[nH]c2ccccc12. The second kappa shape index (κ2) is 7.41. The molecule has 5 heteroatoms. The number of para-hydroxylation sites is 1. The van der Waals surface area contributed by atoms with Crippen LogP contribution in [0.25, 0.3) is 21.8 Å². The highest BCUT2D eigenvalue weighted by Crippen LogP contribution is 2.44. The van der Waals surface area contributed by atoms with Crippen LogP contribution >= 0.6 is 0 Å². The molecule has 5 nitrogen and oxygen atoms in total. The van der Waals surface area contributed by atoms with E-state index < -0.39 is 0 Å². The second-order valence-electron chi connectivity index (χ2n) is 7.77. The van der Waals surface area contributed by atoms with Crippen LogP contribution in [0.3, 0.4) is 0 Å². The van der Waals surface area contributed by atoms with Crippen molar-refractivity contribution in [1.29, 1.82) is 0 Å². The first-order valence-corrected chi connectivity index (χ1v) is 10.4. The van der Waals surface area contributed by atoms with Crippen LogP contribution in [0.5, 0.6) is 5.75 Å². The molecule has 2 N–H and O–H groups in total. The van der Waals surface area contributed by atoms with E-state index in [1.807, 2.05) is 6.07 Å². The number of ether oxygens (including phenoxy) is 1. The molecule has 152 valence electrons. The number of hydrogen-bond donors (Lipinski definition) is 2. The van der Waals surface area contributed by atoms with E-state index in [1.54, 1.807) is 7.11 Å². The van der Waals surface area contributed by atoms with Crippen LogP contribution in [-0.4, -0.2) is 29.1 Å². The lowest BCUT2D eigenvalue weighted by Crippen LogP contribution is -2.23. The van der Waals surface area contributed by atoms with Gasteiger partial charge in [-0.3, -0.25) is 4.79 Å². The molecule has 2 aromatic heterocycles. The zero-order valence-electron chi connectivity index (χ0n) is 17.1. The summed E-state index contributed by atoms with van der Waals surface area (Å²) in [5, 5.41) is 5.42. The van der Waals surface area contributed by atoms with Crippen molar-refractivity contribution in [2.75, 3.05) is 13.7 Å². The minimum absolute atomic E-state index is 0.138. The van der Waals surface area contributed by atoms with Gasteiger partial charge in [0, 0.05) is 52.7 Å². The number of benzene rings is 2. The Morgan fingerprint density at radius 3 is 3.00 bits per heavy atom. The van der Waals surface area contributed by atoms with Crippen LogP contribution in [0.15, 0.2) is 61.3 Å². The highest BCUT2D eigenvalue weighted by atomic mass is 16.5. The molecule has 30 heavy (non-hydrogen) atoms. The van der Waals surface area contributed by atoms with Gasteiger partial charge in [-0.25, -0.2) is 0 Å². The van der Waals surface area contributed by atoms with E-state index in [0.717, 1.165) is 25.1 Å². The van der Waals surface area contributed by atoms with Crippen molar-refractivity contribution >= 4 is 27.7 Å². The number of aromatic nitrogens is 2. The quantitative estimate of drug-likeness (QED) is 0.469. The predicted molar refractivity (Wildman–Crippen MR) is 120 cm³/mol. The maximum Gasteiger partial charge on any atom is 0.243 e. The number of fused-ring (bicyclic) bond motifs is 4. The molecule has 1 aliphatic rings. The zero-order valence-corrected chi connectivity index (χ0v) is 17.1. The first-order valence-electron chi connectivity index (χ1n) is 10.4. The van der Waals surface area contributed by atoms with Crippen molar-refractivity contribution in [3.63, 3.8) is 0 Å². The third-order valence-electron chi connectivity index (χ3n) is 6.25. The normalized spacial score (nSPS) is 15.4. The van der Waals surface area contributed by atoms with Crippen molar-refractivity contribution < 1.29 is 9.53 Å². The largest absolute Gasteiger partial charge is 0.497 e. The van der Waals surface area contributed by atoms with Crippen LogP contribution in [0, 0.1) is 0 Å². The summed E-state index contributed by atoms with van der Waals surface area (Å²) in [6.07, 6.45) is 5.32. The molecule has 0 saturated heterocycles. The molecule has 0 radical (unpaired) electrons. The van der Waals surface area contributed by atoms with Crippen molar-refractivity contribution in [1.82, 2.24) is 14.9 Å². The Bertz CT molecular complexity index is 1260. The topological polar surface area (TPSA) is 59.1 Å². The summed E-state index contributed by atoms with van der Waals surface area (Å²) in [6.45, 7) is 5.11. The number of aromatic amines is 1. The third-order valence-corrected chi connectivity index (χ3v) is 6.25. The molecular formula is C25H25N3O2. The van der Waals surface area contributed by atoms with Gasteiger partial charge < -0.3 is 19.6 Å². The smallest absolute Gasteiger partial charge is 0.243 e. The maximum atomic E-state index is 11.7. The molecule has 3 heterocycles. The average Bonchev–Trinajstić information content (AvgIpc) is 3.47. The van der Waals surface area contributed by atoms with Crippen LogP contribution in [0.2, 0.25) is 0 Å². The number of methoxy groups -OCH3 is 1. The van der Waals surface area contributed by atoms with Crippen LogP contribution in [-0.2, 0) is 17.8 Å². The molecule has 1 aliphatic heterocycles. The van der Waals surface area contributed by atoms with Gasteiger partial charge in [0.15, 0.2) is 0 Å². The molecule has 2 aromatic carbocycles. The van der Waals surface area contributed by atoms with Gasteiger partial charge >= 0.3 is 0 Å². The van der Waals surface area contributed by atoms with Gasteiger partial charge in [0.25, 0.3) is 0 Å². The number of rotatable bonds is 6. The molecule has 1 amide bonds. The first kappa shape index (κ1) is 18.6. The van der Waals surface area contributed by atoms with E-state index in [-0.39, 0.29) is 5.91 Å². The lowest BCUT2D eigenvalue weighted by Gasteiger charge is -2.13. The fourth-order valence-electron chi connectivity index (χ4n) is 4.91. The van der Waals surface area contributed by atoms with Gasteiger partial charge in [-0.15, -0.1) is 0 Å². The van der Waals surface area contributed by atoms with Crippen LogP contribution in [0.1, 0.15) is 29.2 Å². The van der Waals surface area contributed by atoms with Gasteiger partial charge in [-0.05, 0) is 54.3 Å². The highest BCUT2D eigenvalue weighted by Gasteiger charge is 2.31. The van der Waals surface area contributed by atoms with E-state index in [1.165, 1.54) is 44.7 Å². The molecule has 0 saturated carbocycles. The number of amides is 1. The predicted octanol–water partition coefficient (Wildman–Crippen LogP) is 4.51. The Morgan fingerprint density at radius 1 is 1.30 bits per heavy atom. The number of carbonyl (C=O) groups is 1. The standard InChI is InChI=1S/C25H25N3O2/c1-3-24(29)26-12-10-18-20-14-16(30-2)8-9-23(20)28-13-11-19(25(18)28)21-15-27-22-7-5-4-6-17(21)22/h3-9,14-15,19,27H,1,10-13H2,2H3,(H,26,29). The molecule has 4 aromatic rings. The van der Waals surface area contributed by atoms with Gasteiger partial charge in [0.05, 0.1) is 7.11 Å². The number of hydrogen-bond acceptors (Lipinski definition) is 2. The maximum absolute atomic E-state index is 11.7. The Labute approximate surface area is 175 Å². The minimum Gasteiger partial charge on any atom is -0.497 e. The number of H-pyrrole nitrogens is 1. The molecule has 1 unspecified atom stereocenters. The molecule has 0 fully saturated rings. The molecule has 0 aliphatic carbocycles. The van der Waals surface area contributed by atoms with E-state index in [0.29, 0.717) is 12.5 Å². The summed E-state index contributed by atoms with van der Waals surface area (Å²) in [4.78, 5) is 15.1. The molecular weight excluding hydrogens is 374 g/mol. The molecule has 1 atom stereocenters. The van der Waals surface area contributed by atoms with Gasteiger partial charge in [-0.1, -0.05) is 24.8 Å². The number of nitrogens with zero attached hydrogens (tertiary/aromatic N) is 1. The summed E-state index contributed by atoms with van der Waals surface area (Å²) in [5.74, 6) is 1.04. The molecule has 0 bridgehead atoms. The summed E-state index contributed by atoms with van der Waals surface area (Å²) in [5.41, 5.74) is 6.40. The first-order chi connectivity index (χ1) is 14.7. The Kier molecular flexibility index (Phi) is 4.58. The van der Waals surface area contributed by atoms with E-state index >= 15 is 0 Å². The fraction of sp³-hybridized carbons (Fsp3) is 0.240. The summed E-state index contributed by atoms with van der Waals surface area (Å²) in [6, 6.07) is 14.8. The minimum atomic E-state index is -0.138. The van der Waals surface area contributed by atoms with E-state index in [9.17, 15) is 4.79 Å². The second-order valence-corrected chi connectivity index (χ2v) is 7.77. The monoisotopic (exact) mass is 399 g/mol. The van der Waals surface area contributed by atoms with Gasteiger partial charge in [0.2, 0.25) is 5.91 Å².